The number of nitrogens with zero attached hydrogens (tertiary/aromatic N) is 4. The average molecular weight is 646 g/mol. The topological polar surface area (TPSA) is 96.5 Å². The second-order valence-electron chi connectivity index (χ2n) is 11.4. The van der Waals surface area contributed by atoms with Gasteiger partial charge in [0.2, 0.25) is 0 Å². The summed E-state index contributed by atoms with van der Waals surface area (Å²) in [6.07, 6.45) is 0. The van der Waals surface area contributed by atoms with Gasteiger partial charge in [0.05, 0.1) is 14.2 Å². The molecule has 0 bridgehead atoms. The Morgan fingerprint density at radius 2 is 1.57 bits per heavy atom. The Kier molecular flexibility index (Phi) is 9.56. The Balaban J connectivity index is 1.52. The van der Waals surface area contributed by atoms with Crippen LogP contribution in [0.25, 0.3) is 0 Å². The van der Waals surface area contributed by atoms with E-state index in [-0.39, 0.29) is 47.3 Å². The predicted molar refractivity (Wildman–Crippen MR) is 162 cm³/mol. The molecule has 2 fully saturated rings. The number of rotatable bonds is 9. The van der Waals surface area contributed by atoms with E-state index in [0.717, 1.165) is 12.1 Å². The number of amides is 2. The van der Waals surface area contributed by atoms with Crippen LogP contribution in [0.3, 0.4) is 0 Å². The standard InChI is InChI=1S/C32H35F4N5O5/c1-17-14-40(15-18(2)39(17)3)26-11-10-25(45-5)29(37-26)41-16-22(27-23(33)12-21(44-4)13-24(27)34)28(31(41)43)38-30(42)19-6-8-20(9-7-19)46-32(35)36/h6-13,17-18,22,28,32H,14-16H2,1-5H3,(H,38,42)/t17-,18+,22-,28-/m0/s1. The summed E-state index contributed by atoms with van der Waals surface area (Å²) in [7, 11) is 4.74. The van der Waals surface area contributed by atoms with Crippen molar-refractivity contribution >= 4 is 23.5 Å². The number of halogens is 4. The van der Waals surface area contributed by atoms with Crippen LogP contribution in [0.1, 0.15) is 35.7 Å². The van der Waals surface area contributed by atoms with E-state index in [2.05, 4.69) is 40.7 Å². The van der Waals surface area contributed by atoms with Crippen molar-refractivity contribution in [2.24, 2.45) is 0 Å². The van der Waals surface area contributed by atoms with E-state index in [1.165, 1.54) is 43.4 Å². The summed E-state index contributed by atoms with van der Waals surface area (Å²) in [5.74, 6) is -3.80. The molecule has 3 heterocycles. The number of hydrogen-bond acceptors (Lipinski definition) is 8. The minimum Gasteiger partial charge on any atom is -0.497 e. The maximum Gasteiger partial charge on any atom is 0.387 e. The quantitative estimate of drug-likeness (QED) is 0.342. The lowest BCUT2D eigenvalue weighted by Crippen LogP contribution is -2.55. The number of likely N-dealkylation sites (N-methyl/N-ethyl adjacent to an activating group) is 1. The summed E-state index contributed by atoms with van der Waals surface area (Å²) in [5.41, 5.74) is -0.405. The molecule has 2 aliphatic heterocycles. The number of methoxy groups -OCH3 is 2. The Morgan fingerprint density at radius 1 is 0.935 bits per heavy atom. The lowest BCUT2D eigenvalue weighted by molar-refractivity contribution is -0.118. The number of carbonyl (C=O) groups is 2. The van der Waals surface area contributed by atoms with Gasteiger partial charge in [-0.2, -0.15) is 8.78 Å². The summed E-state index contributed by atoms with van der Waals surface area (Å²) < 4.78 is 71.0. The Labute approximate surface area is 263 Å². The number of carbonyl (C=O) groups excluding carboxylic acids is 2. The fraction of sp³-hybridized carbons (Fsp3) is 0.406. The largest absolute Gasteiger partial charge is 0.497 e. The van der Waals surface area contributed by atoms with Crippen LogP contribution in [-0.4, -0.2) is 87.3 Å². The third-order valence-corrected chi connectivity index (χ3v) is 8.58. The minimum atomic E-state index is -3.05. The SMILES string of the molecule is COc1cc(F)c([C@@H]2CN(c3nc(N4C[C@@H](C)N(C)[C@@H](C)C4)ccc3OC)C(=O)[C@H]2NC(=O)c2ccc(OC(F)F)cc2)c(F)c1. The number of anilines is 2. The van der Waals surface area contributed by atoms with Crippen LogP contribution in [0.5, 0.6) is 17.2 Å². The Bertz CT molecular complexity index is 1560. The number of benzene rings is 2. The number of piperazine rings is 1. The zero-order valence-corrected chi connectivity index (χ0v) is 26.0. The van der Waals surface area contributed by atoms with Crippen molar-refractivity contribution in [2.75, 3.05) is 50.7 Å². The molecule has 0 aliphatic carbocycles. The molecule has 246 valence electrons. The first kappa shape index (κ1) is 32.8. The van der Waals surface area contributed by atoms with E-state index in [4.69, 9.17) is 14.5 Å². The average Bonchev–Trinajstić information content (AvgIpc) is 3.33. The molecule has 14 heteroatoms. The first-order valence-electron chi connectivity index (χ1n) is 14.6. The Morgan fingerprint density at radius 3 is 2.13 bits per heavy atom. The van der Waals surface area contributed by atoms with E-state index in [1.54, 1.807) is 12.1 Å². The highest BCUT2D eigenvalue weighted by atomic mass is 19.3. The van der Waals surface area contributed by atoms with Gasteiger partial charge in [0.1, 0.15) is 35.0 Å². The van der Waals surface area contributed by atoms with Crippen molar-refractivity contribution in [1.82, 2.24) is 15.2 Å². The summed E-state index contributed by atoms with van der Waals surface area (Å²) in [4.78, 5) is 37.8. The van der Waals surface area contributed by atoms with Crippen LogP contribution in [0.4, 0.5) is 29.2 Å². The molecule has 1 aromatic heterocycles. The highest BCUT2D eigenvalue weighted by Gasteiger charge is 2.46. The lowest BCUT2D eigenvalue weighted by Gasteiger charge is -2.43. The minimum absolute atomic E-state index is 0.0123. The van der Waals surface area contributed by atoms with Gasteiger partial charge in [-0.05, 0) is 57.3 Å². The maximum absolute atomic E-state index is 15.5. The lowest BCUT2D eigenvalue weighted by atomic mass is 9.92. The number of aromatic nitrogens is 1. The molecule has 2 saturated heterocycles. The van der Waals surface area contributed by atoms with Crippen LogP contribution >= 0.6 is 0 Å². The molecule has 1 N–H and O–H groups in total. The van der Waals surface area contributed by atoms with E-state index in [9.17, 15) is 18.4 Å². The normalized spacial score (nSPS) is 21.9. The zero-order valence-electron chi connectivity index (χ0n) is 26.0. The molecule has 4 atom stereocenters. The maximum atomic E-state index is 15.5. The summed E-state index contributed by atoms with van der Waals surface area (Å²) >= 11 is 0. The smallest absolute Gasteiger partial charge is 0.387 e. The molecule has 2 aromatic carbocycles. The zero-order chi connectivity index (χ0) is 33.3. The number of alkyl halides is 2. The molecule has 0 unspecified atom stereocenters. The monoisotopic (exact) mass is 645 g/mol. The third-order valence-electron chi connectivity index (χ3n) is 8.58. The van der Waals surface area contributed by atoms with Crippen molar-refractivity contribution in [3.8, 4) is 17.2 Å². The predicted octanol–water partition coefficient (Wildman–Crippen LogP) is 4.44. The van der Waals surface area contributed by atoms with Gasteiger partial charge in [0, 0.05) is 60.9 Å². The first-order chi connectivity index (χ1) is 21.9. The van der Waals surface area contributed by atoms with Crippen LogP contribution in [0, 0.1) is 11.6 Å². The molecule has 5 rings (SSSR count). The number of ether oxygens (including phenoxy) is 3. The molecule has 2 aliphatic rings. The molecule has 0 spiro atoms. The second-order valence-corrected chi connectivity index (χ2v) is 11.4. The fourth-order valence-electron chi connectivity index (χ4n) is 5.93. The van der Waals surface area contributed by atoms with Crippen LogP contribution in [0.2, 0.25) is 0 Å². The fourth-order valence-corrected chi connectivity index (χ4v) is 5.93. The van der Waals surface area contributed by atoms with Crippen molar-refractivity contribution in [3.05, 3.63) is 71.3 Å². The molecule has 0 radical (unpaired) electrons. The van der Waals surface area contributed by atoms with Crippen LogP contribution < -0.4 is 29.3 Å². The highest BCUT2D eigenvalue weighted by molar-refractivity contribution is 6.05. The highest BCUT2D eigenvalue weighted by Crippen LogP contribution is 2.39. The van der Waals surface area contributed by atoms with Crippen molar-refractivity contribution in [1.29, 1.82) is 0 Å². The van der Waals surface area contributed by atoms with Gasteiger partial charge < -0.3 is 24.4 Å². The molecule has 46 heavy (non-hydrogen) atoms. The summed E-state index contributed by atoms with van der Waals surface area (Å²) in [6.45, 7) is 2.27. The molecular formula is C32H35F4N5O5. The molecule has 2 amide bonds. The van der Waals surface area contributed by atoms with Gasteiger partial charge in [-0.1, -0.05) is 0 Å². The number of pyridine rings is 1. The van der Waals surface area contributed by atoms with Gasteiger partial charge in [-0.3, -0.25) is 19.4 Å². The number of hydrogen-bond donors (Lipinski definition) is 1. The van der Waals surface area contributed by atoms with E-state index < -0.39 is 47.6 Å². The molecule has 3 aromatic rings. The molecular weight excluding hydrogens is 610 g/mol. The number of nitrogens with one attached hydrogen (secondary N) is 1. The van der Waals surface area contributed by atoms with E-state index in [1.807, 2.05) is 0 Å². The summed E-state index contributed by atoms with van der Waals surface area (Å²) in [6, 6.07) is 9.31. The van der Waals surface area contributed by atoms with E-state index >= 15 is 8.78 Å². The third kappa shape index (κ3) is 6.52. The molecule has 10 nitrogen and oxygen atoms in total. The Hall–Kier alpha value is -4.59. The van der Waals surface area contributed by atoms with Crippen molar-refractivity contribution in [3.63, 3.8) is 0 Å². The van der Waals surface area contributed by atoms with E-state index in [0.29, 0.717) is 18.9 Å². The van der Waals surface area contributed by atoms with Crippen molar-refractivity contribution in [2.45, 2.75) is 44.5 Å². The van der Waals surface area contributed by atoms with Gasteiger partial charge in [0.15, 0.2) is 11.6 Å². The first-order valence-corrected chi connectivity index (χ1v) is 14.6. The van der Waals surface area contributed by atoms with Gasteiger partial charge in [-0.15, -0.1) is 0 Å². The van der Waals surface area contributed by atoms with Crippen molar-refractivity contribution < 1.29 is 41.4 Å². The van der Waals surface area contributed by atoms with Crippen LogP contribution in [-0.2, 0) is 4.79 Å². The second kappa shape index (κ2) is 13.4. The van der Waals surface area contributed by atoms with Crippen LogP contribution in [0.15, 0.2) is 48.5 Å². The van der Waals surface area contributed by atoms with Gasteiger partial charge in [0.25, 0.3) is 11.8 Å². The summed E-state index contributed by atoms with van der Waals surface area (Å²) in [5, 5.41) is 2.60. The van der Waals surface area contributed by atoms with Gasteiger partial charge >= 0.3 is 6.61 Å². The van der Waals surface area contributed by atoms with Gasteiger partial charge in [-0.25, -0.2) is 13.8 Å². The molecule has 0 saturated carbocycles.